The number of rotatable bonds is 4. The van der Waals surface area contributed by atoms with E-state index in [9.17, 15) is 5.11 Å². The molecule has 2 aromatic rings. The summed E-state index contributed by atoms with van der Waals surface area (Å²) in [5.41, 5.74) is 5.88. The Balaban J connectivity index is 2.38. The molecule has 0 spiro atoms. The Labute approximate surface area is 111 Å². The second-order valence-electron chi connectivity index (χ2n) is 4.49. The van der Waals surface area contributed by atoms with E-state index in [-0.39, 0.29) is 5.75 Å². The fourth-order valence-electron chi connectivity index (χ4n) is 1.63. The zero-order chi connectivity index (χ0) is 14.0. The van der Waals surface area contributed by atoms with Crippen molar-refractivity contribution in [1.29, 1.82) is 0 Å². The third-order valence-corrected chi connectivity index (χ3v) is 3.30. The van der Waals surface area contributed by atoms with E-state index < -0.39 is 5.60 Å². The minimum atomic E-state index is -0.586. The molecular formula is C13H17N3O3. The van der Waals surface area contributed by atoms with Gasteiger partial charge in [0.2, 0.25) is 5.82 Å². The van der Waals surface area contributed by atoms with E-state index in [2.05, 4.69) is 10.1 Å². The van der Waals surface area contributed by atoms with Crippen molar-refractivity contribution in [3.63, 3.8) is 0 Å². The number of phenolic OH excluding ortho intramolecular Hbond substituents is 1. The van der Waals surface area contributed by atoms with Crippen molar-refractivity contribution in [1.82, 2.24) is 10.1 Å². The number of benzene rings is 1. The Bertz CT molecular complexity index is 576. The van der Waals surface area contributed by atoms with Gasteiger partial charge in [0.15, 0.2) is 0 Å². The normalized spacial score (nSPS) is 14.3. The van der Waals surface area contributed by atoms with Gasteiger partial charge in [0, 0.05) is 12.7 Å². The van der Waals surface area contributed by atoms with Crippen molar-refractivity contribution >= 4 is 5.69 Å². The van der Waals surface area contributed by atoms with Gasteiger partial charge in [-0.15, -0.1) is 0 Å². The maximum atomic E-state index is 9.58. The van der Waals surface area contributed by atoms with Crippen LogP contribution < -0.4 is 5.73 Å². The van der Waals surface area contributed by atoms with E-state index in [4.69, 9.17) is 15.0 Å². The molecule has 0 aliphatic carbocycles. The van der Waals surface area contributed by atoms with Crippen LogP contribution in [0.1, 0.15) is 26.1 Å². The second-order valence-corrected chi connectivity index (χ2v) is 4.49. The number of ether oxygens (including phenoxy) is 1. The number of nitrogens with zero attached hydrogens (tertiary/aromatic N) is 2. The maximum absolute atomic E-state index is 9.58. The van der Waals surface area contributed by atoms with E-state index in [0.29, 0.717) is 23.0 Å². The van der Waals surface area contributed by atoms with Crippen LogP contribution >= 0.6 is 0 Å². The Morgan fingerprint density at radius 2 is 2.21 bits per heavy atom. The van der Waals surface area contributed by atoms with E-state index in [1.54, 1.807) is 19.2 Å². The van der Waals surface area contributed by atoms with Crippen molar-refractivity contribution in [2.75, 3.05) is 12.8 Å². The zero-order valence-electron chi connectivity index (χ0n) is 11.2. The average molecular weight is 263 g/mol. The molecule has 1 heterocycles. The molecule has 1 unspecified atom stereocenters. The summed E-state index contributed by atoms with van der Waals surface area (Å²) in [6.07, 6.45) is 0.718. The molecule has 0 fully saturated rings. The predicted octanol–water partition coefficient (Wildman–Crippen LogP) is 2.30. The van der Waals surface area contributed by atoms with Gasteiger partial charge in [0.05, 0.1) is 5.69 Å². The molecule has 102 valence electrons. The van der Waals surface area contributed by atoms with Gasteiger partial charge in [-0.05, 0) is 31.5 Å². The fraction of sp³-hybridized carbons (Fsp3) is 0.385. The number of aromatic hydroxyl groups is 1. The van der Waals surface area contributed by atoms with Crippen molar-refractivity contribution in [3.05, 3.63) is 24.0 Å². The van der Waals surface area contributed by atoms with Crippen molar-refractivity contribution < 1.29 is 14.4 Å². The monoisotopic (exact) mass is 263 g/mol. The Morgan fingerprint density at radius 3 is 2.79 bits per heavy atom. The first-order chi connectivity index (χ1) is 9.00. The van der Waals surface area contributed by atoms with Gasteiger partial charge in [-0.25, -0.2) is 0 Å². The van der Waals surface area contributed by atoms with Crippen LogP contribution in [0.25, 0.3) is 11.5 Å². The van der Waals surface area contributed by atoms with E-state index in [1.165, 1.54) is 6.07 Å². The highest BCUT2D eigenvalue weighted by Gasteiger charge is 2.30. The lowest BCUT2D eigenvalue weighted by atomic mass is 10.0. The van der Waals surface area contributed by atoms with Crippen LogP contribution in [0.2, 0.25) is 0 Å². The Morgan fingerprint density at radius 1 is 1.47 bits per heavy atom. The molecule has 1 aromatic carbocycles. The number of phenols is 1. The van der Waals surface area contributed by atoms with Gasteiger partial charge < -0.3 is 20.1 Å². The molecule has 2 rings (SSSR count). The van der Waals surface area contributed by atoms with Crippen molar-refractivity contribution in [2.45, 2.75) is 25.9 Å². The van der Waals surface area contributed by atoms with Crippen molar-refractivity contribution in [2.24, 2.45) is 0 Å². The molecule has 3 N–H and O–H groups in total. The molecule has 1 atom stereocenters. The average Bonchev–Trinajstić information content (AvgIpc) is 2.91. The first kappa shape index (κ1) is 13.4. The van der Waals surface area contributed by atoms with Gasteiger partial charge in [-0.1, -0.05) is 12.1 Å². The summed E-state index contributed by atoms with van der Waals surface area (Å²) in [5, 5.41) is 13.5. The van der Waals surface area contributed by atoms with Gasteiger partial charge >= 0.3 is 0 Å². The molecule has 1 aromatic heterocycles. The number of hydrogen-bond acceptors (Lipinski definition) is 6. The van der Waals surface area contributed by atoms with Gasteiger partial charge in [-0.2, -0.15) is 4.98 Å². The highest BCUT2D eigenvalue weighted by atomic mass is 16.5. The quantitative estimate of drug-likeness (QED) is 0.649. The summed E-state index contributed by atoms with van der Waals surface area (Å²) in [4.78, 5) is 4.31. The summed E-state index contributed by atoms with van der Waals surface area (Å²) >= 11 is 0. The molecular weight excluding hydrogens is 246 g/mol. The van der Waals surface area contributed by atoms with Crippen molar-refractivity contribution in [3.8, 4) is 17.2 Å². The molecule has 0 saturated heterocycles. The first-order valence-corrected chi connectivity index (χ1v) is 5.98. The largest absolute Gasteiger partial charge is 0.506 e. The topological polar surface area (TPSA) is 94.4 Å². The standard InChI is InChI=1S/C13H17N3O3/c1-4-13(2,18-3)12-15-11(19-16-12)8-5-6-9(14)10(17)7-8/h5-7,17H,4,14H2,1-3H3. The summed E-state index contributed by atoms with van der Waals surface area (Å²) in [7, 11) is 1.61. The Hall–Kier alpha value is -2.08. The second kappa shape index (κ2) is 4.89. The summed E-state index contributed by atoms with van der Waals surface area (Å²) in [6.45, 7) is 3.87. The number of nitrogens with two attached hydrogens (primary N) is 1. The van der Waals surface area contributed by atoms with Gasteiger partial charge in [0.25, 0.3) is 5.89 Å². The third kappa shape index (κ3) is 2.39. The lowest BCUT2D eigenvalue weighted by Crippen LogP contribution is -2.24. The smallest absolute Gasteiger partial charge is 0.258 e. The molecule has 0 bridgehead atoms. The van der Waals surface area contributed by atoms with Crippen LogP contribution in [0.4, 0.5) is 5.69 Å². The molecule has 0 amide bonds. The molecule has 0 saturated carbocycles. The number of nitrogen functional groups attached to an aromatic ring is 1. The zero-order valence-corrected chi connectivity index (χ0v) is 11.2. The molecule has 0 aliphatic rings. The fourth-order valence-corrected chi connectivity index (χ4v) is 1.63. The Kier molecular flexibility index (Phi) is 3.44. The van der Waals surface area contributed by atoms with Gasteiger partial charge in [0.1, 0.15) is 11.4 Å². The molecule has 19 heavy (non-hydrogen) atoms. The SMILES string of the molecule is CCC(C)(OC)c1noc(-c2ccc(N)c(O)c2)n1. The third-order valence-electron chi connectivity index (χ3n) is 3.30. The van der Waals surface area contributed by atoms with E-state index in [0.717, 1.165) is 6.42 Å². The number of hydrogen-bond donors (Lipinski definition) is 2. The lowest BCUT2D eigenvalue weighted by molar-refractivity contribution is -0.0106. The lowest BCUT2D eigenvalue weighted by Gasteiger charge is -2.21. The first-order valence-electron chi connectivity index (χ1n) is 5.98. The van der Waals surface area contributed by atoms with E-state index in [1.807, 2.05) is 13.8 Å². The highest BCUT2D eigenvalue weighted by molar-refractivity contribution is 5.63. The van der Waals surface area contributed by atoms with Gasteiger partial charge in [-0.3, -0.25) is 0 Å². The summed E-state index contributed by atoms with van der Waals surface area (Å²) < 4.78 is 10.6. The minimum Gasteiger partial charge on any atom is -0.506 e. The molecule has 6 heteroatoms. The predicted molar refractivity (Wildman–Crippen MR) is 70.5 cm³/mol. The summed E-state index contributed by atoms with van der Waals surface area (Å²) in [6, 6.07) is 4.79. The highest BCUT2D eigenvalue weighted by Crippen LogP contribution is 2.30. The van der Waals surface area contributed by atoms with Crippen LogP contribution in [0, 0.1) is 0 Å². The van der Waals surface area contributed by atoms with Crippen LogP contribution in [0.3, 0.4) is 0 Å². The maximum Gasteiger partial charge on any atom is 0.258 e. The van der Waals surface area contributed by atoms with Crippen LogP contribution in [0.5, 0.6) is 5.75 Å². The summed E-state index contributed by atoms with van der Waals surface area (Å²) in [5.74, 6) is 0.785. The number of aromatic nitrogens is 2. The van der Waals surface area contributed by atoms with Crippen LogP contribution in [-0.2, 0) is 10.3 Å². The minimum absolute atomic E-state index is 0.0118. The number of anilines is 1. The van der Waals surface area contributed by atoms with Crippen LogP contribution in [-0.4, -0.2) is 22.4 Å². The molecule has 0 radical (unpaired) electrons. The van der Waals surface area contributed by atoms with Crippen LogP contribution in [0.15, 0.2) is 22.7 Å². The van der Waals surface area contributed by atoms with E-state index >= 15 is 0 Å². The molecule has 0 aliphatic heterocycles. The molecule has 6 nitrogen and oxygen atoms in total. The number of methoxy groups -OCH3 is 1.